The zero-order valence-electron chi connectivity index (χ0n) is 6.80. The van der Waals surface area contributed by atoms with Crippen molar-refractivity contribution < 1.29 is 19.4 Å². The minimum absolute atomic E-state index is 0.116. The van der Waals surface area contributed by atoms with Gasteiger partial charge < -0.3 is 9.84 Å². The molecule has 0 saturated heterocycles. The number of urea groups is 1. The minimum Gasteiger partial charge on any atom is -0.449 e. The molecule has 0 bridgehead atoms. The normalized spacial score (nSPS) is 12.7. The highest BCUT2D eigenvalue weighted by Crippen LogP contribution is 2.04. The monoisotopic (exact) mass is 192 g/mol. The highest BCUT2D eigenvalue weighted by atomic mass is 16.7. The number of hydrogen-bond donors (Lipinski definition) is 1. The van der Waals surface area contributed by atoms with Crippen molar-refractivity contribution in [3.05, 3.63) is 28.9 Å². The third kappa shape index (κ3) is 1.45. The molecule has 0 radical (unpaired) electrons. The molecule has 6 nitrogen and oxygen atoms in total. The second-order valence-electron chi connectivity index (χ2n) is 2.52. The van der Waals surface area contributed by atoms with Crippen LogP contribution < -0.4 is 15.5 Å². The Kier molecular flexibility index (Phi) is 1.74. The summed E-state index contributed by atoms with van der Waals surface area (Å²) in [6, 6.07) is 3.64. The maximum atomic E-state index is 10.7. The fourth-order valence-corrected chi connectivity index (χ4v) is 1.08. The summed E-state index contributed by atoms with van der Waals surface area (Å²) in [6.07, 6.45) is -1.41. The van der Waals surface area contributed by atoms with E-state index in [4.69, 9.17) is 5.11 Å². The Bertz CT molecular complexity index is 535. The average molecular weight is 192 g/mol. The zero-order chi connectivity index (χ0) is 10.1. The lowest BCUT2D eigenvalue weighted by Gasteiger charge is -1.96. The van der Waals surface area contributed by atoms with E-state index >= 15 is 0 Å². The van der Waals surface area contributed by atoms with E-state index in [1.165, 1.54) is 18.2 Å². The van der Waals surface area contributed by atoms with Gasteiger partial charge in [-0.15, -0.1) is 0 Å². The van der Waals surface area contributed by atoms with Gasteiger partial charge >= 0.3 is 12.2 Å². The molecular weight excluding hydrogens is 188 g/mol. The van der Waals surface area contributed by atoms with Crippen molar-refractivity contribution in [3.8, 4) is 5.75 Å². The van der Waals surface area contributed by atoms with E-state index in [9.17, 15) is 9.59 Å². The molecule has 0 saturated carbocycles. The van der Waals surface area contributed by atoms with Crippen LogP contribution in [-0.2, 0) is 0 Å². The van der Waals surface area contributed by atoms with Crippen molar-refractivity contribution in [2.45, 2.75) is 0 Å². The Labute approximate surface area is 77.2 Å². The quantitative estimate of drug-likeness (QED) is 0.505. The number of fused-ring (bicyclic) bond motifs is 1. The van der Waals surface area contributed by atoms with Gasteiger partial charge in [0.25, 0.3) is 0 Å². The summed E-state index contributed by atoms with van der Waals surface area (Å²) in [5.74, 6) is 0.116. The molecule has 0 atom stereocenters. The number of rotatable bonds is 1. The van der Waals surface area contributed by atoms with Crippen molar-refractivity contribution in [1.29, 1.82) is 0 Å². The topological polar surface area (TPSA) is 88.3 Å². The number of ether oxygens (including phenoxy) is 1. The van der Waals surface area contributed by atoms with Gasteiger partial charge in [0.1, 0.15) is 5.75 Å². The lowest BCUT2D eigenvalue weighted by atomic mass is 10.3. The Morgan fingerprint density at radius 3 is 2.71 bits per heavy atom. The predicted molar refractivity (Wildman–Crippen MR) is 42.8 cm³/mol. The molecule has 2 amide bonds. The van der Waals surface area contributed by atoms with E-state index in [0.717, 1.165) is 0 Å². The van der Waals surface area contributed by atoms with Crippen molar-refractivity contribution in [2.24, 2.45) is 9.98 Å². The van der Waals surface area contributed by atoms with Crippen LogP contribution in [0.1, 0.15) is 0 Å². The van der Waals surface area contributed by atoms with Gasteiger partial charge in [0.15, 0.2) is 0 Å². The molecular formula is C8H4N2O4. The molecule has 1 aliphatic rings. The minimum atomic E-state index is -1.41. The first-order valence-corrected chi connectivity index (χ1v) is 3.67. The SMILES string of the molecule is O=C1N=c2ccc(OC(=O)O)cc2=N1. The smallest absolute Gasteiger partial charge is 0.449 e. The van der Waals surface area contributed by atoms with Gasteiger partial charge in [-0.3, -0.25) is 0 Å². The molecule has 1 aromatic rings. The van der Waals surface area contributed by atoms with Gasteiger partial charge in [-0.2, -0.15) is 9.98 Å². The molecule has 1 aromatic carbocycles. The van der Waals surface area contributed by atoms with E-state index in [2.05, 4.69) is 14.7 Å². The predicted octanol–water partition coefficient (Wildman–Crippen LogP) is 0.116. The van der Waals surface area contributed by atoms with Crippen LogP contribution in [-0.4, -0.2) is 17.3 Å². The van der Waals surface area contributed by atoms with Gasteiger partial charge in [0.05, 0.1) is 10.7 Å². The molecule has 0 fully saturated rings. The van der Waals surface area contributed by atoms with Crippen LogP contribution in [0.4, 0.5) is 9.59 Å². The molecule has 1 aliphatic heterocycles. The number of nitrogens with zero attached hydrogens (tertiary/aromatic N) is 2. The second kappa shape index (κ2) is 2.91. The molecule has 1 N–H and O–H groups in total. The number of carbonyl (C=O) groups is 2. The molecule has 70 valence electrons. The highest BCUT2D eigenvalue weighted by Gasteiger charge is 2.07. The summed E-state index contributed by atoms with van der Waals surface area (Å²) >= 11 is 0. The highest BCUT2D eigenvalue weighted by molar-refractivity contribution is 5.77. The molecule has 6 heteroatoms. The molecule has 0 unspecified atom stereocenters. The fourth-order valence-electron chi connectivity index (χ4n) is 1.08. The molecule has 2 rings (SSSR count). The molecule has 0 aliphatic carbocycles. The summed E-state index contributed by atoms with van der Waals surface area (Å²) in [5.41, 5.74) is 0. The van der Waals surface area contributed by atoms with E-state index in [0.29, 0.717) is 10.7 Å². The first-order valence-electron chi connectivity index (χ1n) is 3.67. The van der Waals surface area contributed by atoms with E-state index in [1.807, 2.05) is 0 Å². The van der Waals surface area contributed by atoms with Crippen LogP contribution in [0.5, 0.6) is 5.75 Å². The summed E-state index contributed by atoms with van der Waals surface area (Å²) in [5, 5.41) is 9.08. The largest absolute Gasteiger partial charge is 0.511 e. The first-order chi connectivity index (χ1) is 6.65. The van der Waals surface area contributed by atoms with E-state index < -0.39 is 12.2 Å². The molecule has 14 heavy (non-hydrogen) atoms. The lowest BCUT2D eigenvalue weighted by molar-refractivity contribution is 0.144. The number of benzene rings is 1. The number of hydrogen-bond acceptors (Lipinski definition) is 3. The number of amides is 2. The lowest BCUT2D eigenvalue weighted by Crippen LogP contribution is -2.21. The summed E-state index contributed by atoms with van der Waals surface area (Å²) in [7, 11) is 0. The Balaban J connectivity index is 2.49. The third-order valence-electron chi connectivity index (χ3n) is 1.58. The van der Waals surface area contributed by atoms with Crippen LogP contribution in [0, 0.1) is 0 Å². The van der Waals surface area contributed by atoms with E-state index in [1.54, 1.807) is 0 Å². The summed E-state index contributed by atoms with van der Waals surface area (Å²) < 4.78 is 4.38. The van der Waals surface area contributed by atoms with Gasteiger partial charge in [0.2, 0.25) is 0 Å². The molecule has 0 aromatic heterocycles. The van der Waals surface area contributed by atoms with Crippen molar-refractivity contribution >= 4 is 12.2 Å². The number of carboxylic acid groups (broad SMARTS) is 1. The second-order valence-corrected chi connectivity index (χ2v) is 2.52. The number of carbonyl (C=O) groups excluding carboxylic acids is 1. The molecule has 1 heterocycles. The van der Waals surface area contributed by atoms with Gasteiger partial charge in [-0.1, -0.05) is 0 Å². The fraction of sp³-hybridized carbons (Fsp3) is 0. The van der Waals surface area contributed by atoms with Crippen LogP contribution >= 0.6 is 0 Å². The average Bonchev–Trinajstić information content (AvgIpc) is 2.42. The maximum absolute atomic E-state index is 10.7. The zero-order valence-corrected chi connectivity index (χ0v) is 6.80. The summed E-state index contributed by atoms with van der Waals surface area (Å²) in [4.78, 5) is 28.0. The Hall–Kier alpha value is -2.24. The van der Waals surface area contributed by atoms with Crippen molar-refractivity contribution in [1.82, 2.24) is 0 Å². The first kappa shape index (κ1) is 8.36. The van der Waals surface area contributed by atoms with E-state index in [-0.39, 0.29) is 5.75 Å². The van der Waals surface area contributed by atoms with Gasteiger partial charge in [-0.05, 0) is 12.1 Å². The maximum Gasteiger partial charge on any atom is 0.511 e. The van der Waals surface area contributed by atoms with Crippen molar-refractivity contribution in [3.63, 3.8) is 0 Å². The molecule has 0 spiro atoms. The summed E-state index contributed by atoms with van der Waals surface area (Å²) in [6.45, 7) is 0. The van der Waals surface area contributed by atoms with Gasteiger partial charge in [-0.25, -0.2) is 9.59 Å². The Morgan fingerprint density at radius 2 is 2.00 bits per heavy atom. The van der Waals surface area contributed by atoms with Crippen molar-refractivity contribution in [2.75, 3.05) is 0 Å². The van der Waals surface area contributed by atoms with Crippen LogP contribution in [0.2, 0.25) is 0 Å². The standard InChI is InChI=1S/C8H4N2O4/c11-7-9-5-2-1-4(14-8(12)13)3-6(5)10-7/h1-3H,(H,12,13). The van der Waals surface area contributed by atoms with Crippen LogP contribution in [0.15, 0.2) is 28.2 Å². The van der Waals surface area contributed by atoms with Crippen LogP contribution in [0.3, 0.4) is 0 Å². The third-order valence-corrected chi connectivity index (χ3v) is 1.58. The van der Waals surface area contributed by atoms with Crippen LogP contribution in [0.25, 0.3) is 0 Å². The Morgan fingerprint density at radius 1 is 1.29 bits per heavy atom. The van der Waals surface area contributed by atoms with Gasteiger partial charge in [0, 0.05) is 6.07 Å².